The van der Waals surface area contributed by atoms with E-state index in [0.29, 0.717) is 30.0 Å². The van der Waals surface area contributed by atoms with Crippen LogP contribution in [0, 0.1) is 5.41 Å². The van der Waals surface area contributed by atoms with E-state index in [9.17, 15) is 18.0 Å². The molecule has 5 rings (SSSR count). The Balaban J connectivity index is 1.64. The Bertz CT molecular complexity index is 1320. The number of rotatable bonds is 3. The van der Waals surface area contributed by atoms with Crippen LogP contribution in [-0.4, -0.2) is 25.5 Å². The van der Waals surface area contributed by atoms with E-state index in [-0.39, 0.29) is 22.7 Å². The average Bonchev–Trinajstić information content (AvgIpc) is 3.28. The molecule has 0 bridgehead atoms. The van der Waals surface area contributed by atoms with Crippen molar-refractivity contribution >= 4 is 28.3 Å². The number of ketones is 1. The summed E-state index contributed by atoms with van der Waals surface area (Å²) < 4.78 is 41.0. The summed E-state index contributed by atoms with van der Waals surface area (Å²) >= 11 is 0. The number of hydrogen-bond donors (Lipinski definition) is 2. The molecule has 0 amide bonds. The topological polar surface area (TPSA) is 75.6 Å². The third-order valence-corrected chi connectivity index (χ3v) is 5.58. The standard InChI is InChI=1S/C23H20F3N5O/c1-22(2)11-17-19(18(32)12-22)20(27-14-7-5-6-13(10-14)23(24,25)26)30-31(17)21-28-15-8-3-4-9-16(15)29-21/h3-10H,11-12H2,1-2H3,(H,27,30)(H,28,29). The molecule has 2 aromatic heterocycles. The van der Waals surface area contributed by atoms with Crippen molar-refractivity contribution in [3.63, 3.8) is 0 Å². The fourth-order valence-electron chi connectivity index (χ4n) is 4.16. The molecule has 4 aromatic rings. The fraction of sp³-hybridized carbons (Fsp3) is 0.261. The van der Waals surface area contributed by atoms with Crippen LogP contribution >= 0.6 is 0 Å². The third-order valence-electron chi connectivity index (χ3n) is 5.58. The molecule has 164 valence electrons. The van der Waals surface area contributed by atoms with E-state index in [1.54, 1.807) is 4.68 Å². The highest BCUT2D eigenvalue weighted by Crippen LogP contribution is 2.40. The Morgan fingerprint density at radius 2 is 1.88 bits per heavy atom. The van der Waals surface area contributed by atoms with Gasteiger partial charge in [0, 0.05) is 12.1 Å². The van der Waals surface area contributed by atoms with Crippen LogP contribution in [0.25, 0.3) is 17.0 Å². The van der Waals surface area contributed by atoms with Gasteiger partial charge in [0.25, 0.3) is 0 Å². The summed E-state index contributed by atoms with van der Waals surface area (Å²) in [4.78, 5) is 20.9. The SMILES string of the molecule is CC1(C)CC(=O)c2c(Nc3cccc(C(F)(F)F)c3)nn(-c3nc4ccccc4[nH]3)c2C1. The summed E-state index contributed by atoms with van der Waals surface area (Å²) in [6, 6.07) is 12.3. The van der Waals surface area contributed by atoms with Crippen molar-refractivity contribution in [3.05, 3.63) is 65.4 Å². The molecule has 32 heavy (non-hydrogen) atoms. The van der Waals surface area contributed by atoms with Gasteiger partial charge in [-0.25, -0.2) is 9.67 Å². The number of nitrogens with one attached hydrogen (secondary N) is 2. The van der Waals surface area contributed by atoms with Crippen LogP contribution < -0.4 is 5.32 Å². The van der Waals surface area contributed by atoms with Gasteiger partial charge in [0.15, 0.2) is 11.6 Å². The first-order valence-electron chi connectivity index (χ1n) is 10.2. The number of fused-ring (bicyclic) bond motifs is 2. The molecule has 1 aliphatic rings. The van der Waals surface area contributed by atoms with E-state index in [2.05, 4.69) is 20.4 Å². The predicted molar refractivity (Wildman–Crippen MR) is 114 cm³/mol. The van der Waals surface area contributed by atoms with Gasteiger partial charge < -0.3 is 10.3 Å². The molecule has 9 heteroatoms. The fourth-order valence-corrected chi connectivity index (χ4v) is 4.16. The Morgan fingerprint density at radius 1 is 1.09 bits per heavy atom. The number of aromatic nitrogens is 4. The number of alkyl halides is 3. The Labute approximate surface area is 181 Å². The van der Waals surface area contributed by atoms with Crippen LogP contribution in [-0.2, 0) is 12.6 Å². The number of Topliss-reactive ketones (excluding diaryl/α,β-unsaturated/α-hetero) is 1. The second-order valence-corrected chi connectivity index (χ2v) is 8.80. The van der Waals surface area contributed by atoms with Crippen LogP contribution in [0.5, 0.6) is 0 Å². The lowest BCUT2D eigenvalue weighted by atomic mass is 9.76. The molecular weight excluding hydrogens is 419 g/mol. The smallest absolute Gasteiger partial charge is 0.338 e. The van der Waals surface area contributed by atoms with Crippen molar-refractivity contribution < 1.29 is 18.0 Å². The molecule has 0 spiro atoms. The third kappa shape index (κ3) is 3.53. The number of para-hydroxylation sites is 2. The van der Waals surface area contributed by atoms with E-state index in [1.807, 2.05) is 38.1 Å². The Morgan fingerprint density at radius 3 is 2.62 bits per heavy atom. The number of hydrogen-bond acceptors (Lipinski definition) is 4. The van der Waals surface area contributed by atoms with Gasteiger partial charge in [-0.3, -0.25) is 4.79 Å². The average molecular weight is 439 g/mol. The minimum atomic E-state index is -4.47. The monoisotopic (exact) mass is 439 g/mol. The maximum Gasteiger partial charge on any atom is 0.416 e. The van der Waals surface area contributed by atoms with Gasteiger partial charge in [0.1, 0.15) is 0 Å². The van der Waals surface area contributed by atoms with Crippen molar-refractivity contribution in [2.24, 2.45) is 5.41 Å². The number of H-pyrrole nitrogens is 1. The zero-order valence-corrected chi connectivity index (χ0v) is 17.4. The number of aromatic amines is 1. The Kier molecular flexibility index (Phi) is 4.40. The second kappa shape index (κ2) is 6.94. The number of carbonyl (C=O) groups is 1. The summed E-state index contributed by atoms with van der Waals surface area (Å²) in [6.45, 7) is 4.01. The molecule has 0 aliphatic heterocycles. The van der Waals surface area contributed by atoms with E-state index in [1.165, 1.54) is 12.1 Å². The lowest BCUT2D eigenvalue weighted by Crippen LogP contribution is -2.28. The van der Waals surface area contributed by atoms with Gasteiger partial charge in [-0.15, -0.1) is 5.10 Å². The second-order valence-electron chi connectivity index (χ2n) is 8.80. The van der Waals surface area contributed by atoms with E-state index in [0.717, 1.165) is 23.2 Å². The first-order valence-corrected chi connectivity index (χ1v) is 10.2. The molecule has 1 aliphatic carbocycles. The molecule has 0 saturated carbocycles. The van der Waals surface area contributed by atoms with Crippen molar-refractivity contribution in [2.75, 3.05) is 5.32 Å². The number of carbonyl (C=O) groups excluding carboxylic acids is 1. The van der Waals surface area contributed by atoms with Gasteiger partial charge >= 0.3 is 6.18 Å². The largest absolute Gasteiger partial charge is 0.416 e. The molecule has 0 radical (unpaired) electrons. The number of benzene rings is 2. The summed E-state index contributed by atoms with van der Waals surface area (Å²) in [5.74, 6) is 0.568. The molecule has 2 N–H and O–H groups in total. The maximum atomic E-state index is 13.1. The first kappa shape index (κ1) is 20.3. The number of nitrogens with zero attached hydrogens (tertiary/aromatic N) is 3. The van der Waals surface area contributed by atoms with Crippen LogP contribution in [0.4, 0.5) is 24.7 Å². The molecule has 2 heterocycles. The summed E-state index contributed by atoms with van der Waals surface area (Å²) in [6.07, 6.45) is -3.57. The van der Waals surface area contributed by atoms with Crippen molar-refractivity contribution in [3.8, 4) is 5.95 Å². The highest BCUT2D eigenvalue weighted by atomic mass is 19.4. The van der Waals surface area contributed by atoms with Crippen LogP contribution in [0.3, 0.4) is 0 Å². The zero-order valence-electron chi connectivity index (χ0n) is 17.4. The van der Waals surface area contributed by atoms with Crippen LogP contribution in [0.2, 0.25) is 0 Å². The molecule has 0 fully saturated rings. The van der Waals surface area contributed by atoms with Gasteiger partial charge in [0.2, 0.25) is 5.95 Å². The molecule has 0 atom stereocenters. The minimum Gasteiger partial charge on any atom is -0.338 e. The number of anilines is 2. The van der Waals surface area contributed by atoms with E-state index in [4.69, 9.17) is 0 Å². The van der Waals surface area contributed by atoms with Crippen LogP contribution in [0.15, 0.2) is 48.5 Å². The van der Waals surface area contributed by atoms with Gasteiger partial charge in [-0.05, 0) is 42.2 Å². The van der Waals surface area contributed by atoms with Crippen LogP contribution in [0.1, 0.15) is 41.9 Å². The minimum absolute atomic E-state index is 0.104. The molecule has 6 nitrogen and oxygen atoms in total. The first-order chi connectivity index (χ1) is 15.1. The molecule has 0 saturated heterocycles. The molecular formula is C23H20F3N5O. The summed E-state index contributed by atoms with van der Waals surface area (Å²) in [7, 11) is 0. The number of imidazole rings is 1. The zero-order chi connectivity index (χ0) is 22.7. The highest BCUT2D eigenvalue weighted by molar-refractivity contribution is 6.03. The van der Waals surface area contributed by atoms with Crippen molar-refractivity contribution in [1.29, 1.82) is 0 Å². The highest BCUT2D eigenvalue weighted by Gasteiger charge is 2.37. The van der Waals surface area contributed by atoms with E-state index >= 15 is 0 Å². The Hall–Kier alpha value is -3.62. The lowest BCUT2D eigenvalue weighted by molar-refractivity contribution is -0.137. The summed E-state index contributed by atoms with van der Waals surface area (Å²) in [5.41, 5.74) is 1.79. The lowest BCUT2D eigenvalue weighted by Gasteiger charge is -2.28. The molecule has 0 unspecified atom stereocenters. The predicted octanol–water partition coefficient (Wildman–Crippen LogP) is 5.67. The summed E-state index contributed by atoms with van der Waals surface area (Å²) in [5, 5.41) is 7.50. The normalized spacial score (nSPS) is 15.7. The number of halogens is 3. The van der Waals surface area contributed by atoms with Gasteiger partial charge in [0.05, 0.1) is 27.9 Å². The van der Waals surface area contributed by atoms with Crippen molar-refractivity contribution in [1.82, 2.24) is 19.7 Å². The van der Waals surface area contributed by atoms with E-state index < -0.39 is 11.7 Å². The quantitative estimate of drug-likeness (QED) is 0.432. The maximum absolute atomic E-state index is 13.1. The van der Waals surface area contributed by atoms with Crippen molar-refractivity contribution in [2.45, 2.75) is 32.9 Å². The van der Waals surface area contributed by atoms with Gasteiger partial charge in [-0.2, -0.15) is 13.2 Å². The molecule has 2 aromatic carbocycles. The van der Waals surface area contributed by atoms with Gasteiger partial charge in [-0.1, -0.05) is 32.0 Å².